The Labute approximate surface area is 159 Å². The lowest BCUT2D eigenvalue weighted by Crippen LogP contribution is -2.12. The number of nitrogens with one attached hydrogen (secondary N) is 1. The fraction of sp³-hybridized carbons (Fsp3) is 0.105. The van der Waals surface area contributed by atoms with E-state index in [1.54, 1.807) is 29.3 Å². The number of hydrogen-bond donors (Lipinski definition) is 1. The lowest BCUT2D eigenvalue weighted by Gasteiger charge is -2.05. The maximum atomic E-state index is 12.6. The standard InChI is InChI=1S/C19H16N6OS/c1-13-18(27-17(23-13)9-14-5-3-2-4-6-14)19(26)24-15-7-8-16(21-10-15)25-12-20-11-22-25/h2-8,10-12H,9H2,1H3,(H,24,26). The van der Waals surface area contributed by atoms with Gasteiger partial charge < -0.3 is 5.32 Å². The van der Waals surface area contributed by atoms with Crippen LogP contribution in [0.15, 0.2) is 61.3 Å². The molecular weight excluding hydrogens is 360 g/mol. The van der Waals surface area contributed by atoms with Gasteiger partial charge in [-0.25, -0.2) is 19.6 Å². The fourth-order valence-electron chi connectivity index (χ4n) is 2.62. The summed E-state index contributed by atoms with van der Waals surface area (Å²) in [6, 6.07) is 13.6. The van der Waals surface area contributed by atoms with Crippen molar-refractivity contribution in [1.29, 1.82) is 0 Å². The molecule has 0 saturated carbocycles. The first-order valence-electron chi connectivity index (χ1n) is 8.31. The number of aromatic nitrogens is 5. The summed E-state index contributed by atoms with van der Waals surface area (Å²) in [5.41, 5.74) is 2.52. The highest BCUT2D eigenvalue weighted by molar-refractivity contribution is 7.14. The maximum Gasteiger partial charge on any atom is 0.267 e. The Morgan fingerprint density at radius 1 is 1.19 bits per heavy atom. The van der Waals surface area contributed by atoms with Crippen LogP contribution in [0, 0.1) is 6.92 Å². The molecule has 3 heterocycles. The van der Waals surface area contributed by atoms with Crippen molar-refractivity contribution in [2.75, 3.05) is 5.32 Å². The van der Waals surface area contributed by atoms with Crippen LogP contribution in [0.2, 0.25) is 0 Å². The molecule has 0 fully saturated rings. The van der Waals surface area contributed by atoms with Crippen LogP contribution in [0.3, 0.4) is 0 Å². The van der Waals surface area contributed by atoms with E-state index in [9.17, 15) is 4.79 Å². The molecule has 3 aromatic heterocycles. The van der Waals surface area contributed by atoms with E-state index in [0.29, 0.717) is 22.8 Å². The highest BCUT2D eigenvalue weighted by Crippen LogP contribution is 2.22. The molecule has 0 aliphatic rings. The summed E-state index contributed by atoms with van der Waals surface area (Å²) in [4.78, 5) is 25.9. The molecule has 1 aromatic carbocycles. The highest BCUT2D eigenvalue weighted by Gasteiger charge is 2.16. The SMILES string of the molecule is Cc1nc(Cc2ccccc2)sc1C(=O)Nc1ccc(-n2cncn2)nc1. The smallest absolute Gasteiger partial charge is 0.267 e. The predicted octanol–water partition coefficient (Wildman–Crippen LogP) is 3.27. The molecule has 0 aliphatic carbocycles. The molecule has 4 aromatic rings. The summed E-state index contributed by atoms with van der Waals surface area (Å²) in [5.74, 6) is 0.448. The van der Waals surface area contributed by atoms with E-state index in [2.05, 4.69) is 37.5 Å². The van der Waals surface area contributed by atoms with E-state index in [-0.39, 0.29) is 5.91 Å². The number of rotatable bonds is 5. The van der Waals surface area contributed by atoms with Crippen LogP contribution >= 0.6 is 11.3 Å². The number of nitrogens with zero attached hydrogens (tertiary/aromatic N) is 5. The average molecular weight is 376 g/mol. The van der Waals surface area contributed by atoms with Gasteiger partial charge in [0.1, 0.15) is 17.5 Å². The quantitative estimate of drug-likeness (QED) is 0.578. The molecule has 0 saturated heterocycles. The zero-order chi connectivity index (χ0) is 18.6. The van der Waals surface area contributed by atoms with Crippen molar-refractivity contribution < 1.29 is 4.79 Å². The minimum atomic E-state index is -0.181. The minimum absolute atomic E-state index is 0.181. The van der Waals surface area contributed by atoms with Crippen LogP contribution in [0.4, 0.5) is 5.69 Å². The summed E-state index contributed by atoms with van der Waals surface area (Å²) in [6.07, 6.45) is 5.32. The monoisotopic (exact) mass is 376 g/mol. The number of carbonyl (C=O) groups excluding carboxylic acids is 1. The van der Waals surface area contributed by atoms with Crippen LogP contribution in [0.25, 0.3) is 5.82 Å². The Morgan fingerprint density at radius 3 is 2.74 bits per heavy atom. The van der Waals surface area contributed by atoms with Gasteiger partial charge in [-0.1, -0.05) is 30.3 Å². The van der Waals surface area contributed by atoms with Gasteiger partial charge in [-0.3, -0.25) is 4.79 Å². The van der Waals surface area contributed by atoms with Crippen LogP contribution in [-0.4, -0.2) is 30.6 Å². The van der Waals surface area contributed by atoms with Crippen LogP contribution in [0.5, 0.6) is 0 Å². The Hall–Kier alpha value is -3.39. The van der Waals surface area contributed by atoms with Crippen molar-refractivity contribution in [3.63, 3.8) is 0 Å². The molecule has 8 heteroatoms. The Kier molecular flexibility index (Phi) is 4.71. The number of thiazole rings is 1. The lowest BCUT2D eigenvalue weighted by atomic mass is 10.2. The first kappa shape index (κ1) is 17.0. The second kappa shape index (κ2) is 7.46. The van der Waals surface area contributed by atoms with Crippen molar-refractivity contribution >= 4 is 22.9 Å². The molecule has 134 valence electrons. The molecule has 0 spiro atoms. The zero-order valence-electron chi connectivity index (χ0n) is 14.5. The summed E-state index contributed by atoms with van der Waals surface area (Å²) in [7, 11) is 0. The van der Waals surface area contributed by atoms with Gasteiger partial charge in [0, 0.05) is 6.42 Å². The molecule has 0 bridgehead atoms. The third-order valence-corrected chi connectivity index (χ3v) is 5.06. The van der Waals surface area contributed by atoms with Crippen molar-refractivity contribution in [2.24, 2.45) is 0 Å². The molecule has 1 amide bonds. The molecule has 4 rings (SSSR count). The second-order valence-corrected chi connectivity index (χ2v) is 6.97. The molecule has 0 radical (unpaired) electrons. The number of carbonyl (C=O) groups is 1. The predicted molar refractivity (Wildman–Crippen MR) is 103 cm³/mol. The van der Waals surface area contributed by atoms with E-state index in [1.165, 1.54) is 23.2 Å². The second-order valence-electron chi connectivity index (χ2n) is 5.88. The highest BCUT2D eigenvalue weighted by atomic mass is 32.1. The summed E-state index contributed by atoms with van der Waals surface area (Å²) in [5, 5.41) is 7.81. The number of aryl methyl sites for hydroxylation is 1. The van der Waals surface area contributed by atoms with Crippen molar-refractivity contribution in [1.82, 2.24) is 24.7 Å². The van der Waals surface area contributed by atoms with Crippen LogP contribution < -0.4 is 5.32 Å². The Morgan fingerprint density at radius 2 is 2.04 bits per heavy atom. The van der Waals surface area contributed by atoms with E-state index in [1.807, 2.05) is 25.1 Å². The van der Waals surface area contributed by atoms with Gasteiger partial charge in [-0.05, 0) is 24.6 Å². The van der Waals surface area contributed by atoms with Crippen LogP contribution in [0.1, 0.15) is 25.9 Å². The van der Waals surface area contributed by atoms with Gasteiger partial charge in [0.25, 0.3) is 5.91 Å². The first-order chi connectivity index (χ1) is 13.2. The van der Waals surface area contributed by atoms with E-state index in [4.69, 9.17) is 0 Å². The van der Waals surface area contributed by atoms with E-state index < -0.39 is 0 Å². The first-order valence-corrected chi connectivity index (χ1v) is 9.13. The van der Waals surface area contributed by atoms with E-state index >= 15 is 0 Å². The van der Waals surface area contributed by atoms with Crippen LogP contribution in [-0.2, 0) is 6.42 Å². The number of benzene rings is 1. The minimum Gasteiger partial charge on any atom is -0.320 e. The number of hydrogen-bond acceptors (Lipinski definition) is 6. The number of pyridine rings is 1. The van der Waals surface area contributed by atoms with E-state index in [0.717, 1.165) is 10.7 Å². The zero-order valence-corrected chi connectivity index (χ0v) is 15.3. The van der Waals surface area contributed by atoms with Gasteiger partial charge in [0.2, 0.25) is 0 Å². The van der Waals surface area contributed by atoms with Crippen molar-refractivity contribution in [3.8, 4) is 5.82 Å². The molecule has 1 N–H and O–H groups in total. The normalized spacial score (nSPS) is 10.7. The lowest BCUT2D eigenvalue weighted by molar-refractivity contribution is 0.103. The Bertz CT molecular complexity index is 1040. The topological polar surface area (TPSA) is 85.6 Å². The molecule has 0 aliphatic heterocycles. The summed E-state index contributed by atoms with van der Waals surface area (Å²) < 4.78 is 1.55. The molecular formula is C19H16N6OS. The van der Waals surface area contributed by atoms with Gasteiger partial charge in [-0.15, -0.1) is 11.3 Å². The largest absolute Gasteiger partial charge is 0.320 e. The summed E-state index contributed by atoms with van der Waals surface area (Å²) in [6.45, 7) is 1.85. The van der Waals surface area contributed by atoms with Crippen molar-refractivity contribution in [3.05, 3.63) is 82.5 Å². The number of amides is 1. The molecule has 0 atom stereocenters. The van der Waals surface area contributed by atoms with Gasteiger partial charge in [0.15, 0.2) is 5.82 Å². The van der Waals surface area contributed by atoms with Gasteiger partial charge in [0.05, 0.1) is 22.6 Å². The third kappa shape index (κ3) is 3.90. The fourth-order valence-corrected chi connectivity index (χ4v) is 3.61. The third-order valence-electron chi connectivity index (χ3n) is 3.90. The number of anilines is 1. The Balaban J connectivity index is 1.46. The van der Waals surface area contributed by atoms with Gasteiger partial charge in [-0.2, -0.15) is 5.10 Å². The summed E-state index contributed by atoms with van der Waals surface area (Å²) >= 11 is 1.42. The molecule has 7 nitrogen and oxygen atoms in total. The van der Waals surface area contributed by atoms with Crippen molar-refractivity contribution in [2.45, 2.75) is 13.3 Å². The van der Waals surface area contributed by atoms with Gasteiger partial charge >= 0.3 is 0 Å². The molecule has 27 heavy (non-hydrogen) atoms. The maximum absolute atomic E-state index is 12.6. The average Bonchev–Trinajstić information content (AvgIpc) is 3.33. The molecule has 0 unspecified atom stereocenters.